The Bertz CT molecular complexity index is 594. The average molecular weight is 311 g/mol. The first-order chi connectivity index (χ1) is 9.92. The zero-order valence-corrected chi connectivity index (χ0v) is 12.8. The molecule has 0 unspecified atom stereocenters. The van der Waals surface area contributed by atoms with E-state index in [4.69, 9.17) is 5.73 Å². The molecule has 0 saturated heterocycles. The second-order valence-electron chi connectivity index (χ2n) is 5.30. The van der Waals surface area contributed by atoms with Crippen LogP contribution in [0.2, 0.25) is 0 Å². The summed E-state index contributed by atoms with van der Waals surface area (Å²) in [7, 11) is -3.45. The maximum atomic E-state index is 12.0. The number of nitrogens with two attached hydrogens (primary N) is 1. The Morgan fingerprint density at radius 2 is 1.95 bits per heavy atom. The van der Waals surface area contributed by atoms with Crippen LogP contribution in [0.25, 0.3) is 0 Å². The Morgan fingerprint density at radius 1 is 1.33 bits per heavy atom. The van der Waals surface area contributed by atoms with E-state index in [1.54, 1.807) is 12.1 Å². The molecule has 4 N–H and O–H groups in total. The van der Waals surface area contributed by atoms with Crippen LogP contribution in [0.15, 0.2) is 29.2 Å². The summed E-state index contributed by atoms with van der Waals surface area (Å²) in [6.45, 7) is 1.96. The number of hydrogen-bond donors (Lipinski definition) is 3. The van der Waals surface area contributed by atoms with E-state index < -0.39 is 16.1 Å². The molecule has 1 aliphatic carbocycles. The molecule has 116 valence electrons. The maximum Gasteiger partial charge on any atom is 0.241 e. The highest BCUT2D eigenvalue weighted by atomic mass is 32.2. The fraction of sp³-hybridized carbons (Fsp3) is 0.500. The maximum absolute atomic E-state index is 12.0. The number of anilines is 1. The molecule has 0 aromatic heterocycles. The fourth-order valence-corrected chi connectivity index (χ4v) is 3.19. The van der Waals surface area contributed by atoms with Gasteiger partial charge in [0.15, 0.2) is 0 Å². The zero-order valence-electron chi connectivity index (χ0n) is 12.0. The van der Waals surface area contributed by atoms with Crippen molar-refractivity contribution in [3.8, 4) is 0 Å². The summed E-state index contributed by atoms with van der Waals surface area (Å²) < 4.78 is 26.6. The molecule has 2 rings (SSSR count). The van der Waals surface area contributed by atoms with Gasteiger partial charge in [0, 0.05) is 11.7 Å². The molecule has 6 nitrogen and oxygen atoms in total. The molecule has 1 fully saturated rings. The zero-order chi connectivity index (χ0) is 15.5. The number of sulfonamides is 1. The van der Waals surface area contributed by atoms with Crippen molar-refractivity contribution in [1.29, 1.82) is 0 Å². The van der Waals surface area contributed by atoms with E-state index in [-0.39, 0.29) is 16.8 Å². The number of amides is 1. The van der Waals surface area contributed by atoms with Crippen molar-refractivity contribution in [1.82, 2.24) is 4.72 Å². The Kier molecular flexibility index (Phi) is 4.97. The lowest BCUT2D eigenvalue weighted by Gasteiger charge is -2.11. The average Bonchev–Trinajstić information content (AvgIpc) is 3.23. The Balaban J connectivity index is 2.00. The first-order valence-corrected chi connectivity index (χ1v) is 8.59. The molecule has 21 heavy (non-hydrogen) atoms. The third kappa shape index (κ3) is 4.52. The summed E-state index contributed by atoms with van der Waals surface area (Å²) in [4.78, 5) is 12.0. The van der Waals surface area contributed by atoms with E-state index >= 15 is 0 Å². The van der Waals surface area contributed by atoms with Gasteiger partial charge in [-0.25, -0.2) is 13.1 Å². The Labute approximate surface area is 125 Å². The number of nitrogens with one attached hydrogen (secondary N) is 2. The van der Waals surface area contributed by atoms with E-state index in [1.165, 1.54) is 12.1 Å². The quantitative estimate of drug-likeness (QED) is 0.704. The van der Waals surface area contributed by atoms with Gasteiger partial charge in [0.25, 0.3) is 0 Å². The summed E-state index contributed by atoms with van der Waals surface area (Å²) in [5.41, 5.74) is 6.26. The van der Waals surface area contributed by atoms with Crippen LogP contribution in [0.3, 0.4) is 0 Å². The van der Waals surface area contributed by atoms with E-state index in [9.17, 15) is 13.2 Å². The first-order valence-electron chi connectivity index (χ1n) is 7.11. The van der Waals surface area contributed by atoms with Crippen LogP contribution in [0.4, 0.5) is 5.69 Å². The van der Waals surface area contributed by atoms with Gasteiger partial charge < -0.3 is 11.1 Å². The highest BCUT2D eigenvalue weighted by Gasteiger charge is 2.27. The van der Waals surface area contributed by atoms with Crippen molar-refractivity contribution >= 4 is 21.6 Å². The van der Waals surface area contributed by atoms with Crippen molar-refractivity contribution < 1.29 is 13.2 Å². The van der Waals surface area contributed by atoms with Crippen molar-refractivity contribution in [2.45, 2.75) is 49.6 Å². The molecule has 0 bridgehead atoms. The minimum atomic E-state index is -3.45. The van der Waals surface area contributed by atoms with Crippen molar-refractivity contribution in [3.63, 3.8) is 0 Å². The number of rotatable bonds is 7. The summed E-state index contributed by atoms with van der Waals surface area (Å²) >= 11 is 0. The smallest absolute Gasteiger partial charge is 0.241 e. The predicted octanol–water partition coefficient (Wildman–Crippen LogP) is 1.19. The summed E-state index contributed by atoms with van der Waals surface area (Å²) in [6, 6.07) is 5.62. The Morgan fingerprint density at radius 3 is 2.48 bits per heavy atom. The molecular weight excluding hydrogens is 290 g/mol. The van der Waals surface area contributed by atoms with Crippen LogP contribution < -0.4 is 15.8 Å². The molecule has 1 aromatic carbocycles. The van der Waals surface area contributed by atoms with E-state index in [0.717, 1.165) is 19.3 Å². The van der Waals surface area contributed by atoms with Gasteiger partial charge in [-0.05, 0) is 43.5 Å². The van der Waals surface area contributed by atoms with Crippen LogP contribution in [0.1, 0.15) is 32.6 Å². The monoisotopic (exact) mass is 311 g/mol. The molecule has 0 radical (unpaired) electrons. The topological polar surface area (TPSA) is 101 Å². The first kappa shape index (κ1) is 15.9. The molecule has 0 aliphatic heterocycles. The van der Waals surface area contributed by atoms with Gasteiger partial charge in [-0.1, -0.05) is 13.3 Å². The summed E-state index contributed by atoms with van der Waals surface area (Å²) in [6.07, 6.45) is 3.23. The van der Waals surface area contributed by atoms with Crippen LogP contribution in [-0.2, 0) is 14.8 Å². The molecule has 1 saturated carbocycles. The second-order valence-corrected chi connectivity index (χ2v) is 7.02. The van der Waals surface area contributed by atoms with Crippen molar-refractivity contribution in [2.24, 2.45) is 5.73 Å². The Hall–Kier alpha value is -1.44. The van der Waals surface area contributed by atoms with E-state index in [1.807, 2.05) is 6.92 Å². The molecule has 1 aromatic rings. The molecular formula is C14H21N3O3S. The number of hydrogen-bond acceptors (Lipinski definition) is 4. The van der Waals surface area contributed by atoms with Crippen LogP contribution in [0.5, 0.6) is 0 Å². The molecule has 1 atom stereocenters. The molecule has 0 spiro atoms. The lowest BCUT2D eigenvalue weighted by Crippen LogP contribution is -2.35. The van der Waals surface area contributed by atoms with E-state index in [2.05, 4.69) is 10.0 Å². The van der Waals surface area contributed by atoms with Gasteiger partial charge in [-0.15, -0.1) is 0 Å². The molecule has 7 heteroatoms. The third-order valence-electron chi connectivity index (χ3n) is 3.27. The highest BCUT2D eigenvalue weighted by molar-refractivity contribution is 7.89. The summed E-state index contributed by atoms with van der Waals surface area (Å²) in [5, 5.41) is 2.68. The van der Waals surface area contributed by atoms with E-state index in [0.29, 0.717) is 12.1 Å². The summed E-state index contributed by atoms with van der Waals surface area (Å²) in [5.74, 6) is -0.261. The number of carbonyl (C=O) groups excluding carboxylic acids is 1. The molecule has 1 aliphatic rings. The van der Waals surface area contributed by atoms with Crippen LogP contribution in [-0.4, -0.2) is 26.4 Å². The van der Waals surface area contributed by atoms with Gasteiger partial charge >= 0.3 is 0 Å². The fourth-order valence-electron chi connectivity index (χ4n) is 1.88. The minimum Gasteiger partial charge on any atom is -0.325 e. The van der Waals surface area contributed by atoms with Gasteiger partial charge in [0.2, 0.25) is 15.9 Å². The highest BCUT2D eigenvalue weighted by Crippen LogP contribution is 2.22. The lowest BCUT2D eigenvalue weighted by atomic mass is 10.1. The molecule has 1 amide bonds. The minimum absolute atomic E-state index is 0.0708. The van der Waals surface area contributed by atoms with Gasteiger partial charge in [-0.3, -0.25) is 4.79 Å². The van der Waals surface area contributed by atoms with Crippen molar-refractivity contribution in [3.05, 3.63) is 24.3 Å². The van der Waals surface area contributed by atoms with Crippen molar-refractivity contribution in [2.75, 3.05) is 5.32 Å². The van der Waals surface area contributed by atoms with Crippen LogP contribution >= 0.6 is 0 Å². The van der Waals surface area contributed by atoms with Crippen LogP contribution in [0, 0.1) is 0 Å². The normalized spacial score (nSPS) is 16.5. The third-order valence-corrected chi connectivity index (χ3v) is 4.80. The second kappa shape index (κ2) is 6.55. The SMILES string of the molecule is CCC[C@@H](N)C(=O)Nc1ccc(S(=O)(=O)NC2CC2)cc1. The molecule has 0 heterocycles. The standard InChI is InChI=1S/C14H21N3O3S/c1-2-3-13(15)14(18)16-10-6-8-12(9-7-10)21(19,20)17-11-4-5-11/h6-9,11,13,17H,2-5,15H2,1H3,(H,16,18)/t13-/m1/s1. The predicted molar refractivity (Wildman–Crippen MR) is 81.3 cm³/mol. The largest absolute Gasteiger partial charge is 0.325 e. The lowest BCUT2D eigenvalue weighted by molar-refractivity contribution is -0.117. The van der Waals surface area contributed by atoms with Gasteiger partial charge in [0.05, 0.1) is 10.9 Å². The van der Waals surface area contributed by atoms with Gasteiger partial charge in [-0.2, -0.15) is 0 Å². The number of carbonyl (C=O) groups is 1. The van der Waals surface area contributed by atoms with Gasteiger partial charge in [0.1, 0.15) is 0 Å². The number of benzene rings is 1.